The molecule has 2 atom stereocenters. The Morgan fingerprint density at radius 2 is 2.19 bits per heavy atom. The van der Waals surface area contributed by atoms with Gasteiger partial charge in [-0.2, -0.15) is 0 Å². The molecule has 0 saturated heterocycles. The molecule has 0 aromatic carbocycles. The van der Waals surface area contributed by atoms with Gasteiger partial charge in [-0.1, -0.05) is 45.2 Å². The lowest BCUT2D eigenvalue weighted by molar-refractivity contribution is 0.117. The number of rotatable bonds is 6. The molecule has 2 rings (SSSR count). The lowest BCUT2D eigenvalue weighted by atomic mass is 9.85. The summed E-state index contributed by atoms with van der Waals surface area (Å²) in [5.41, 5.74) is 0.866. The summed E-state index contributed by atoms with van der Waals surface area (Å²) in [6.45, 7) is 7.17. The third kappa shape index (κ3) is 5.15. The van der Waals surface area contributed by atoms with Crippen LogP contribution in [-0.2, 0) is 6.54 Å². The summed E-state index contributed by atoms with van der Waals surface area (Å²) in [7, 11) is 0. The Morgan fingerprint density at radius 1 is 1.38 bits per heavy atom. The Hall–Kier alpha value is -0.800. The summed E-state index contributed by atoms with van der Waals surface area (Å²) in [6.07, 6.45) is 6.45. The first-order chi connectivity index (χ1) is 10.1. The quantitative estimate of drug-likeness (QED) is 0.835. The first-order valence-electron chi connectivity index (χ1n) is 8.14. The molecule has 1 aromatic rings. The van der Waals surface area contributed by atoms with Crippen molar-refractivity contribution in [2.24, 2.45) is 5.92 Å². The fourth-order valence-electron chi connectivity index (χ4n) is 2.85. The maximum Gasteiger partial charge on any atom is 0.213 e. The number of aromatic nitrogens is 1. The van der Waals surface area contributed by atoms with Crippen LogP contribution in [-0.4, -0.2) is 17.1 Å². The molecule has 1 heterocycles. The SMILES string of the molecule is CCC1CCCC(Oc2ccc(Cl)c(CNC(C)C)n2)C1. The van der Waals surface area contributed by atoms with E-state index in [-0.39, 0.29) is 0 Å². The summed E-state index contributed by atoms with van der Waals surface area (Å²) in [6, 6.07) is 4.19. The monoisotopic (exact) mass is 310 g/mol. The second kappa shape index (κ2) is 8.00. The van der Waals surface area contributed by atoms with Gasteiger partial charge in [0.05, 0.1) is 10.7 Å². The number of pyridine rings is 1. The highest BCUT2D eigenvalue weighted by Crippen LogP contribution is 2.29. The minimum absolute atomic E-state index is 0.309. The van der Waals surface area contributed by atoms with Crippen LogP contribution in [0.2, 0.25) is 5.02 Å². The van der Waals surface area contributed by atoms with Crippen molar-refractivity contribution in [3.63, 3.8) is 0 Å². The average molecular weight is 311 g/mol. The van der Waals surface area contributed by atoms with E-state index in [0.717, 1.165) is 24.5 Å². The van der Waals surface area contributed by atoms with Gasteiger partial charge in [0.1, 0.15) is 6.10 Å². The normalized spacial score (nSPS) is 22.5. The molecule has 4 heteroatoms. The zero-order valence-electron chi connectivity index (χ0n) is 13.4. The van der Waals surface area contributed by atoms with Crippen LogP contribution < -0.4 is 10.1 Å². The molecule has 0 aliphatic heterocycles. The Labute approximate surface area is 133 Å². The number of nitrogens with zero attached hydrogens (tertiary/aromatic N) is 1. The third-order valence-corrected chi connectivity index (χ3v) is 4.51. The van der Waals surface area contributed by atoms with Crippen LogP contribution >= 0.6 is 11.6 Å². The molecule has 0 radical (unpaired) electrons. The van der Waals surface area contributed by atoms with E-state index in [1.165, 1.54) is 19.3 Å². The van der Waals surface area contributed by atoms with Gasteiger partial charge in [-0.05, 0) is 31.2 Å². The second-order valence-electron chi connectivity index (χ2n) is 6.29. The first-order valence-corrected chi connectivity index (χ1v) is 8.51. The fourth-order valence-corrected chi connectivity index (χ4v) is 3.02. The van der Waals surface area contributed by atoms with Crippen LogP contribution in [0.25, 0.3) is 0 Å². The van der Waals surface area contributed by atoms with Gasteiger partial charge in [0.2, 0.25) is 5.88 Å². The van der Waals surface area contributed by atoms with E-state index in [4.69, 9.17) is 16.3 Å². The predicted octanol–water partition coefficient (Wildman–Crippen LogP) is 4.58. The molecule has 0 bridgehead atoms. The van der Waals surface area contributed by atoms with Crippen molar-refractivity contribution < 1.29 is 4.74 Å². The summed E-state index contributed by atoms with van der Waals surface area (Å²) < 4.78 is 6.09. The lowest BCUT2D eigenvalue weighted by Crippen LogP contribution is -2.26. The minimum atomic E-state index is 0.309. The molecular weight excluding hydrogens is 284 g/mol. The Bertz CT molecular complexity index is 450. The fraction of sp³-hybridized carbons (Fsp3) is 0.706. The summed E-state index contributed by atoms with van der Waals surface area (Å²) in [5.74, 6) is 1.51. The van der Waals surface area contributed by atoms with Gasteiger partial charge in [-0.25, -0.2) is 4.98 Å². The van der Waals surface area contributed by atoms with Gasteiger partial charge >= 0.3 is 0 Å². The van der Waals surface area contributed by atoms with E-state index in [0.29, 0.717) is 29.6 Å². The molecule has 1 saturated carbocycles. The van der Waals surface area contributed by atoms with Crippen molar-refractivity contribution in [1.29, 1.82) is 0 Å². The molecular formula is C17H27ClN2O. The van der Waals surface area contributed by atoms with E-state index in [1.54, 1.807) is 0 Å². The highest BCUT2D eigenvalue weighted by atomic mass is 35.5. The third-order valence-electron chi connectivity index (χ3n) is 4.17. The van der Waals surface area contributed by atoms with E-state index in [2.05, 4.69) is 31.1 Å². The van der Waals surface area contributed by atoms with Crippen LogP contribution in [0.15, 0.2) is 12.1 Å². The number of nitrogens with one attached hydrogen (secondary N) is 1. The topological polar surface area (TPSA) is 34.1 Å². The van der Waals surface area contributed by atoms with Crippen molar-refractivity contribution in [1.82, 2.24) is 10.3 Å². The van der Waals surface area contributed by atoms with Gasteiger partial charge in [-0.15, -0.1) is 0 Å². The molecule has 0 amide bonds. The molecule has 3 nitrogen and oxygen atoms in total. The lowest BCUT2D eigenvalue weighted by Gasteiger charge is -2.28. The summed E-state index contributed by atoms with van der Waals surface area (Å²) in [4.78, 5) is 4.57. The van der Waals surface area contributed by atoms with Crippen LogP contribution in [0.4, 0.5) is 0 Å². The van der Waals surface area contributed by atoms with E-state index < -0.39 is 0 Å². The average Bonchev–Trinajstić information content (AvgIpc) is 2.48. The maximum absolute atomic E-state index is 6.21. The second-order valence-corrected chi connectivity index (χ2v) is 6.70. The van der Waals surface area contributed by atoms with E-state index in [9.17, 15) is 0 Å². The van der Waals surface area contributed by atoms with Crippen molar-refractivity contribution in [2.45, 2.75) is 71.6 Å². The molecule has 1 aromatic heterocycles. The highest BCUT2D eigenvalue weighted by molar-refractivity contribution is 6.31. The number of hydrogen-bond donors (Lipinski definition) is 1. The van der Waals surface area contributed by atoms with Gasteiger partial charge in [0.25, 0.3) is 0 Å². The van der Waals surface area contributed by atoms with Crippen molar-refractivity contribution in [3.05, 3.63) is 22.8 Å². The van der Waals surface area contributed by atoms with Gasteiger partial charge in [-0.3, -0.25) is 0 Å². The van der Waals surface area contributed by atoms with Crippen LogP contribution in [0, 0.1) is 5.92 Å². The van der Waals surface area contributed by atoms with Gasteiger partial charge in [0.15, 0.2) is 0 Å². The number of halogens is 1. The minimum Gasteiger partial charge on any atom is -0.474 e. The molecule has 2 unspecified atom stereocenters. The molecule has 118 valence electrons. The van der Waals surface area contributed by atoms with E-state index in [1.807, 2.05) is 12.1 Å². The van der Waals surface area contributed by atoms with Crippen molar-refractivity contribution in [2.75, 3.05) is 0 Å². The van der Waals surface area contributed by atoms with Crippen LogP contribution in [0.1, 0.15) is 58.6 Å². The van der Waals surface area contributed by atoms with Crippen molar-refractivity contribution in [3.8, 4) is 5.88 Å². The maximum atomic E-state index is 6.21. The Balaban J connectivity index is 1.98. The number of hydrogen-bond acceptors (Lipinski definition) is 3. The molecule has 1 fully saturated rings. The standard InChI is InChI=1S/C17H27ClN2O/c1-4-13-6-5-7-14(10-13)21-17-9-8-15(18)16(20-17)11-19-12(2)3/h8-9,12-14,19H,4-7,10-11H2,1-3H3. The zero-order chi connectivity index (χ0) is 15.2. The molecule has 1 N–H and O–H groups in total. The summed E-state index contributed by atoms with van der Waals surface area (Å²) in [5, 5.41) is 4.05. The van der Waals surface area contributed by atoms with Gasteiger partial charge in [0, 0.05) is 18.7 Å². The Morgan fingerprint density at radius 3 is 2.90 bits per heavy atom. The Kier molecular flexibility index (Phi) is 6.31. The van der Waals surface area contributed by atoms with E-state index >= 15 is 0 Å². The molecule has 0 spiro atoms. The molecule has 1 aliphatic carbocycles. The molecule has 1 aliphatic rings. The largest absolute Gasteiger partial charge is 0.474 e. The highest BCUT2D eigenvalue weighted by Gasteiger charge is 2.22. The smallest absolute Gasteiger partial charge is 0.213 e. The van der Waals surface area contributed by atoms with Gasteiger partial charge < -0.3 is 10.1 Å². The first kappa shape index (κ1) is 16.6. The van der Waals surface area contributed by atoms with Crippen LogP contribution in [0.5, 0.6) is 5.88 Å². The summed E-state index contributed by atoms with van der Waals surface area (Å²) >= 11 is 6.21. The van der Waals surface area contributed by atoms with Crippen molar-refractivity contribution >= 4 is 11.6 Å². The van der Waals surface area contributed by atoms with Crippen LogP contribution in [0.3, 0.4) is 0 Å². The number of ether oxygens (including phenoxy) is 1. The predicted molar refractivity (Wildman–Crippen MR) is 87.9 cm³/mol. The zero-order valence-corrected chi connectivity index (χ0v) is 14.1. The molecule has 21 heavy (non-hydrogen) atoms.